The zero-order valence-corrected chi connectivity index (χ0v) is 16.6. The van der Waals surface area contributed by atoms with Crippen molar-refractivity contribution in [3.63, 3.8) is 0 Å². The number of nitrogens with two attached hydrogens (primary N) is 1. The van der Waals surface area contributed by atoms with Crippen molar-refractivity contribution in [2.75, 3.05) is 32.7 Å². The van der Waals surface area contributed by atoms with Gasteiger partial charge in [0, 0.05) is 43.4 Å². The lowest BCUT2D eigenvalue weighted by atomic mass is 9.83. The van der Waals surface area contributed by atoms with Crippen LogP contribution in [0.25, 0.3) is 0 Å². The molecule has 4 nitrogen and oxygen atoms in total. The third-order valence-electron chi connectivity index (χ3n) is 7.08. The molecule has 0 radical (unpaired) electrons. The van der Waals surface area contributed by atoms with E-state index >= 15 is 0 Å². The Hall–Kier alpha value is -0.300. The summed E-state index contributed by atoms with van der Waals surface area (Å²) >= 11 is 1.84. The van der Waals surface area contributed by atoms with E-state index in [1.807, 2.05) is 11.8 Å². The number of halogens is 1. The Morgan fingerprint density at radius 1 is 1.08 bits per heavy atom. The third kappa shape index (κ3) is 4.40. The minimum Gasteiger partial charge on any atom is -0.405 e. The number of thioether (sulfide) groups is 1. The number of nitrogens with zero attached hydrogens (tertiary/aromatic N) is 2. The molecule has 4 rings (SSSR count). The summed E-state index contributed by atoms with van der Waals surface area (Å²) in [4.78, 5) is 10.4. The summed E-state index contributed by atoms with van der Waals surface area (Å²) in [5.41, 5.74) is 0. The van der Waals surface area contributed by atoms with Crippen molar-refractivity contribution in [1.82, 2.24) is 9.80 Å². The molecule has 2 saturated carbocycles. The maximum Gasteiger partial charge on any atom is 0.176 e. The number of hydrogen-bond acceptors (Lipinski definition) is 5. The predicted octanol–water partition coefficient (Wildman–Crippen LogP) is 3.54. The summed E-state index contributed by atoms with van der Waals surface area (Å²) in [5, 5.41) is 1.59. The number of alkyl halides is 1. The topological polar surface area (TPSA) is 41.7 Å². The van der Waals surface area contributed by atoms with Crippen LogP contribution >= 0.6 is 11.8 Å². The Bertz CT molecular complexity index is 489. The SMILES string of the molecule is NOC1=CC2C(CCCC2N2CCN(CCC3CCC(F)CC3)CC2)S1. The van der Waals surface area contributed by atoms with Gasteiger partial charge < -0.3 is 9.74 Å². The molecule has 0 bridgehead atoms. The largest absolute Gasteiger partial charge is 0.405 e. The van der Waals surface area contributed by atoms with E-state index in [9.17, 15) is 4.39 Å². The van der Waals surface area contributed by atoms with Crippen LogP contribution in [0, 0.1) is 11.8 Å². The van der Waals surface area contributed by atoms with Crippen LogP contribution in [0.3, 0.4) is 0 Å². The van der Waals surface area contributed by atoms with Crippen LogP contribution in [0.15, 0.2) is 11.2 Å². The molecule has 0 aromatic rings. The zero-order valence-electron chi connectivity index (χ0n) is 15.8. The minimum absolute atomic E-state index is 0.526. The second-order valence-corrected chi connectivity index (χ2v) is 9.86. The van der Waals surface area contributed by atoms with Gasteiger partial charge >= 0.3 is 0 Å². The summed E-state index contributed by atoms with van der Waals surface area (Å²) in [6.45, 7) is 5.94. The molecule has 0 spiro atoms. The number of rotatable bonds is 5. The number of fused-ring (bicyclic) bond motifs is 1. The van der Waals surface area contributed by atoms with Crippen LogP contribution in [0.2, 0.25) is 0 Å². The average Bonchev–Trinajstić information content (AvgIpc) is 3.11. The molecule has 0 aromatic heterocycles. The van der Waals surface area contributed by atoms with Crippen LogP contribution < -0.4 is 5.90 Å². The third-order valence-corrected chi connectivity index (χ3v) is 8.40. The van der Waals surface area contributed by atoms with Crippen molar-refractivity contribution in [2.24, 2.45) is 17.7 Å². The van der Waals surface area contributed by atoms with Crippen LogP contribution in [-0.2, 0) is 4.84 Å². The minimum atomic E-state index is -0.526. The molecule has 2 aliphatic heterocycles. The summed E-state index contributed by atoms with van der Waals surface area (Å²) in [6, 6.07) is 0.663. The second kappa shape index (κ2) is 8.80. The zero-order chi connectivity index (χ0) is 17.9. The molecule has 148 valence electrons. The molecule has 2 heterocycles. The maximum absolute atomic E-state index is 13.3. The standard InChI is InChI=1S/C20H34FN3OS/c21-16-6-4-15(5-7-16)8-9-23-10-12-24(13-11-23)18-2-1-3-19-17(18)14-20(25-22)26-19/h14-19H,1-13,22H2. The summed E-state index contributed by atoms with van der Waals surface area (Å²) in [6.07, 6.45) is 10.7. The number of hydrogen-bond donors (Lipinski definition) is 1. The van der Waals surface area contributed by atoms with Gasteiger partial charge in [-0.15, -0.1) is 0 Å². The smallest absolute Gasteiger partial charge is 0.176 e. The van der Waals surface area contributed by atoms with Crippen LogP contribution in [-0.4, -0.2) is 60.0 Å². The predicted molar refractivity (Wildman–Crippen MR) is 105 cm³/mol. The molecule has 2 N–H and O–H groups in total. The lowest BCUT2D eigenvalue weighted by Gasteiger charge is -2.44. The summed E-state index contributed by atoms with van der Waals surface area (Å²) in [7, 11) is 0. The fourth-order valence-corrected chi connectivity index (χ4v) is 6.74. The fourth-order valence-electron chi connectivity index (χ4n) is 5.45. The Kier molecular flexibility index (Phi) is 6.44. The lowest BCUT2D eigenvalue weighted by molar-refractivity contribution is 0.0595. The molecule has 6 heteroatoms. The first-order valence-corrected chi connectivity index (χ1v) is 11.5. The molecule has 3 unspecified atom stereocenters. The molecular weight excluding hydrogens is 349 g/mol. The first-order valence-electron chi connectivity index (χ1n) is 10.6. The number of piperazine rings is 1. The van der Waals surface area contributed by atoms with Gasteiger partial charge in [0.1, 0.15) is 6.17 Å². The summed E-state index contributed by atoms with van der Waals surface area (Å²) in [5.74, 6) is 6.77. The summed E-state index contributed by atoms with van der Waals surface area (Å²) < 4.78 is 13.3. The highest BCUT2D eigenvalue weighted by molar-refractivity contribution is 8.03. The molecular formula is C20H34FN3OS. The van der Waals surface area contributed by atoms with Gasteiger partial charge in [0.2, 0.25) is 0 Å². The second-order valence-electron chi connectivity index (χ2n) is 8.62. The molecule has 26 heavy (non-hydrogen) atoms. The molecule has 1 saturated heterocycles. The van der Waals surface area contributed by atoms with Gasteiger partial charge in [-0.1, -0.05) is 18.2 Å². The highest BCUT2D eigenvalue weighted by Gasteiger charge is 2.41. The van der Waals surface area contributed by atoms with E-state index in [1.54, 1.807) is 0 Å². The van der Waals surface area contributed by atoms with E-state index in [2.05, 4.69) is 15.9 Å². The van der Waals surface area contributed by atoms with Crippen LogP contribution in [0.5, 0.6) is 0 Å². The van der Waals surface area contributed by atoms with E-state index < -0.39 is 6.17 Å². The average molecular weight is 384 g/mol. The van der Waals surface area contributed by atoms with Crippen molar-refractivity contribution in [3.05, 3.63) is 11.2 Å². The quantitative estimate of drug-likeness (QED) is 0.736. The monoisotopic (exact) mass is 383 g/mol. The normalized spacial score (nSPS) is 39.5. The first kappa shape index (κ1) is 19.0. The highest BCUT2D eigenvalue weighted by Crippen LogP contribution is 2.46. The maximum atomic E-state index is 13.3. The van der Waals surface area contributed by atoms with Crippen LogP contribution in [0.4, 0.5) is 4.39 Å². The lowest BCUT2D eigenvalue weighted by Crippen LogP contribution is -2.54. The fraction of sp³-hybridized carbons (Fsp3) is 0.900. The van der Waals surface area contributed by atoms with E-state index in [0.717, 1.165) is 36.7 Å². The Balaban J connectivity index is 1.22. The van der Waals surface area contributed by atoms with Gasteiger partial charge in [0.05, 0.1) is 0 Å². The van der Waals surface area contributed by atoms with E-state index in [4.69, 9.17) is 10.7 Å². The Labute approximate surface area is 161 Å². The van der Waals surface area contributed by atoms with Crippen molar-refractivity contribution in [2.45, 2.75) is 68.8 Å². The van der Waals surface area contributed by atoms with Gasteiger partial charge in [0.25, 0.3) is 0 Å². The highest BCUT2D eigenvalue weighted by atomic mass is 32.2. The van der Waals surface area contributed by atoms with Crippen molar-refractivity contribution in [3.8, 4) is 0 Å². The first-order chi connectivity index (χ1) is 12.7. The molecule has 4 aliphatic rings. The van der Waals surface area contributed by atoms with Crippen LogP contribution in [0.1, 0.15) is 51.4 Å². The van der Waals surface area contributed by atoms with E-state index in [1.165, 1.54) is 58.4 Å². The van der Waals surface area contributed by atoms with E-state index in [0.29, 0.717) is 17.2 Å². The van der Waals surface area contributed by atoms with Crippen molar-refractivity contribution < 1.29 is 9.23 Å². The Morgan fingerprint density at radius 2 is 1.85 bits per heavy atom. The molecule has 3 atom stereocenters. The Morgan fingerprint density at radius 3 is 2.58 bits per heavy atom. The molecule has 0 amide bonds. The van der Waals surface area contributed by atoms with E-state index in [-0.39, 0.29) is 0 Å². The molecule has 3 fully saturated rings. The van der Waals surface area contributed by atoms with Gasteiger partial charge in [-0.3, -0.25) is 4.90 Å². The molecule has 0 aromatic carbocycles. The van der Waals surface area contributed by atoms with Crippen molar-refractivity contribution in [1.29, 1.82) is 0 Å². The van der Waals surface area contributed by atoms with Crippen molar-refractivity contribution >= 4 is 11.8 Å². The molecule has 2 aliphatic carbocycles. The van der Waals surface area contributed by atoms with Gasteiger partial charge in [0.15, 0.2) is 5.09 Å². The van der Waals surface area contributed by atoms with Gasteiger partial charge in [-0.25, -0.2) is 4.39 Å². The van der Waals surface area contributed by atoms with Gasteiger partial charge in [-0.05, 0) is 63.5 Å². The van der Waals surface area contributed by atoms with Gasteiger partial charge in [-0.2, -0.15) is 5.90 Å².